The summed E-state index contributed by atoms with van der Waals surface area (Å²) in [4.78, 5) is 10.6. The predicted molar refractivity (Wildman–Crippen MR) is 112 cm³/mol. The Labute approximate surface area is 178 Å². The molecule has 0 amide bonds. The maximum atomic E-state index is 10.6. The number of rotatable bonds is 7. The summed E-state index contributed by atoms with van der Waals surface area (Å²) in [6, 6.07) is 15.8. The minimum absolute atomic E-state index is 0.150. The van der Waals surface area contributed by atoms with Crippen LogP contribution in [0.1, 0.15) is 11.1 Å². The van der Waals surface area contributed by atoms with Crippen molar-refractivity contribution in [1.29, 1.82) is 0 Å². The lowest BCUT2D eigenvalue weighted by Gasteiger charge is -2.13. The van der Waals surface area contributed by atoms with Crippen molar-refractivity contribution in [3.05, 3.63) is 75.8 Å². The van der Waals surface area contributed by atoms with Gasteiger partial charge in [-0.3, -0.25) is 0 Å². The number of ether oxygens (including phenoxy) is 2. The van der Waals surface area contributed by atoms with Crippen molar-refractivity contribution >= 4 is 29.2 Å². The lowest BCUT2D eigenvalue weighted by atomic mass is 9.98. The highest BCUT2D eigenvalue weighted by molar-refractivity contribution is 6.36. The quantitative estimate of drug-likeness (QED) is 0.520. The minimum atomic E-state index is -1.09. The number of halogens is 2. The van der Waals surface area contributed by atoms with Crippen LogP contribution in [0.3, 0.4) is 0 Å². The predicted octanol–water partition coefficient (Wildman–Crippen LogP) is 5.43. The molecule has 150 valence electrons. The molecule has 0 aliphatic rings. The smallest absolute Gasteiger partial charge is 0.341 e. The van der Waals surface area contributed by atoms with E-state index in [9.17, 15) is 9.90 Å². The number of carboxylic acid groups (broad SMARTS) is 1. The summed E-state index contributed by atoms with van der Waals surface area (Å²) in [6.45, 7) is -0.478. The number of aromatic hydroxyl groups is 1. The maximum Gasteiger partial charge on any atom is 0.341 e. The Kier molecular flexibility index (Phi) is 6.52. The Morgan fingerprint density at radius 1 is 1.00 bits per heavy atom. The monoisotopic (exact) mass is 432 g/mol. The Hall–Kier alpha value is -2.89. The first kappa shape index (κ1) is 20.8. The van der Waals surface area contributed by atoms with Crippen LogP contribution in [0.5, 0.6) is 17.2 Å². The molecule has 3 aromatic rings. The van der Waals surface area contributed by atoms with Crippen LogP contribution in [0.2, 0.25) is 10.0 Å². The van der Waals surface area contributed by atoms with E-state index >= 15 is 0 Å². The average molecular weight is 433 g/mol. The third-order valence-corrected chi connectivity index (χ3v) is 4.97. The van der Waals surface area contributed by atoms with E-state index < -0.39 is 12.6 Å². The first-order valence-corrected chi connectivity index (χ1v) is 9.42. The molecule has 0 heterocycles. The molecular weight excluding hydrogens is 415 g/mol. The summed E-state index contributed by atoms with van der Waals surface area (Å²) >= 11 is 12.7. The van der Waals surface area contributed by atoms with Gasteiger partial charge in [-0.25, -0.2) is 4.79 Å². The zero-order valence-electron chi connectivity index (χ0n) is 15.5. The van der Waals surface area contributed by atoms with E-state index in [2.05, 4.69) is 0 Å². The molecule has 0 fully saturated rings. The summed E-state index contributed by atoms with van der Waals surface area (Å²) < 4.78 is 10.4. The number of phenols is 1. The number of carbonyl (C=O) groups is 1. The van der Waals surface area contributed by atoms with Crippen molar-refractivity contribution < 1.29 is 24.5 Å². The molecule has 3 rings (SSSR count). The molecule has 29 heavy (non-hydrogen) atoms. The molecular formula is C22H18Cl2O5. The highest BCUT2D eigenvalue weighted by Gasteiger charge is 2.13. The molecule has 0 atom stereocenters. The van der Waals surface area contributed by atoms with Gasteiger partial charge in [-0.15, -0.1) is 0 Å². The second kappa shape index (κ2) is 9.07. The number of phenolic OH excluding ortho intramolecular Hbond substituents is 1. The zero-order valence-corrected chi connectivity index (χ0v) is 17.0. The van der Waals surface area contributed by atoms with Crippen LogP contribution in [-0.4, -0.2) is 29.9 Å². The Bertz CT molecular complexity index is 1030. The molecule has 2 N–H and O–H groups in total. The fourth-order valence-electron chi connectivity index (χ4n) is 2.90. The third kappa shape index (κ3) is 5.13. The van der Waals surface area contributed by atoms with Gasteiger partial charge < -0.3 is 19.7 Å². The van der Waals surface area contributed by atoms with Crippen molar-refractivity contribution in [1.82, 2.24) is 0 Å². The zero-order chi connectivity index (χ0) is 21.0. The second-order valence-electron chi connectivity index (χ2n) is 6.31. The van der Waals surface area contributed by atoms with Crippen molar-refractivity contribution in [3.8, 4) is 28.4 Å². The van der Waals surface area contributed by atoms with Crippen molar-refractivity contribution in [2.45, 2.75) is 6.42 Å². The normalized spacial score (nSPS) is 10.6. The van der Waals surface area contributed by atoms with Crippen LogP contribution in [0.25, 0.3) is 11.1 Å². The summed E-state index contributed by atoms with van der Waals surface area (Å²) in [5.41, 5.74) is 3.05. The van der Waals surface area contributed by atoms with E-state index in [-0.39, 0.29) is 11.5 Å². The first-order valence-electron chi connectivity index (χ1n) is 8.66. The van der Waals surface area contributed by atoms with Gasteiger partial charge in [0, 0.05) is 22.0 Å². The molecule has 0 aromatic heterocycles. The second-order valence-corrected chi connectivity index (χ2v) is 7.12. The van der Waals surface area contributed by atoms with Gasteiger partial charge in [0.2, 0.25) is 0 Å². The van der Waals surface area contributed by atoms with Gasteiger partial charge in [-0.1, -0.05) is 41.4 Å². The topological polar surface area (TPSA) is 76.0 Å². The molecule has 0 radical (unpaired) electrons. The van der Waals surface area contributed by atoms with E-state index in [1.165, 1.54) is 12.1 Å². The summed E-state index contributed by atoms with van der Waals surface area (Å²) in [5.74, 6) is 0.0383. The van der Waals surface area contributed by atoms with Gasteiger partial charge in [0.25, 0.3) is 0 Å². The number of carboxylic acids is 1. The molecule has 0 saturated heterocycles. The number of hydrogen-bond acceptors (Lipinski definition) is 4. The van der Waals surface area contributed by atoms with Crippen molar-refractivity contribution in [2.24, 2.45) is 0 Å². The minimum Gasteiger partial charge on any atom is -0.507 e. The summed E-state index contributed by atoms with van der Waals surface area (Å²) in [6.07, 6.45) is 0.425. The lowest BCUT2D eigenvalue weighted by Crippen LogP contribution is -2.09. The van der Waals surface area contributed by atoms with E-state index in [0.29, 0.717) is 33.3 Å². The molecule has 7 heteroatoms. The SMILES string of the molecule is COc1cccc(-c2cc(Cc3c(Cl)cc(OCC(=O)O)cc3Cl)ccc2O)c1. The van der Waals surface area contributed by atoms with Gasteiger partial charge in [-0.2, -0.15) is 0 Å². The lowest BCUT2D eigenvalue weighted by molar-refractivity contribution is -0.139. The van der Waals surface area contributed by atoms with Crippen LogP contribution < -0.4 is 9.47 Å². The number of hydrogen-bond donors (Lipinski definition) is 2. The Morgan fingerprint density at radius 2 is 1.72 bits per heavy atom. The molecule has 3 aromatic carbocycles. The van der Waals surface area contributed by atoms with Crippen LogP contribution >= 0.6 is 23.2 Å². The number of benzene rings is 3. The molecule has 0 aliphatic heterocycles. The average Bonchev–Trinajstić information content (AvgIpc) is 2.70. The van der Waals surface area contributed by atoms with Gasteiger partial charge in [0.05, 0.1) is 7.11 Å². The van der Waals surface area contributed by atoms with E-state index in [0.717, 1.165) is 11.1 Å². The Morgan fingerprint density at radius 3 is 2.38 bits per heavy atom. The number of aliphatic carboxylic acids is 1. The molecule has 0 saturated carbocycles. The first-order chi connectivity index (χ1) is 13.9. The van der Waals surface area contributed by atoms with E-state index in [1.54, 1.807) is 19.2 Å². The van der Waals surface area contributed by atoms with Crippen LogP contribution in [-0.2, 0) is 11.2 Å². The van der Waals surface area contributed by atoms with Gasteiger partial charge in [0.15, 0.2) is 6.61 Å². The summed E-state index contributed by atoms with van der Waals surface area (Å²) in [5, 5.41) is 19.8. The third-order valence-electron chi connectivity index (χ3n) is 4.30. The van der Waals surface area contributed by atoms with Crippen LogP contribution in [0.4, 0.5) is 0 Å². The van der Waals surface area contributed by atoms with Crippen LogP contribution in [0, 0.1) is 0 Å². The highest BCUT2D eigenvalue weighted by atomic mass is 35.5. The molecule has 0 bridgehead atoms. The molecule has 0 spiro atoms. The van der Waals surface area contributed by atoms with E-state index in [1.807, 2.05) is 30.3 Å². The number of methoxy groups -OCH3 is 1. The van der Waals surface area contributed by atoms with Crippen molar-refractivity contribution in [3.63, 3.8) is 0 Å². The van der Waals surface area contributed by atoms with Gasteiger partial charge in [-0.05, 0) is 53.1 Å². The largest absolute Gasteiger partial charge is 0.507 e. The summed E-state index contributed by atoms with van der Waals surface area (Å²) in [7, 11) is 1.59. The van der Waals surface area contributed by atoms with Crippen LogP contribution in [0.15, 0.2) is 54.6 Å². The maximum absolute atomic E-state index is 10.6. The Balaban J connectivity index is 1.90. The van der Waals surface area contributed by atoms with Gasteiger partial charge >= 0.3 is 5.97 Å². The van der Waals surface area contributed by atoms with Crippen molar-refractivity contribution in [2.75, 3.05) is 13.7 Å². The fourth-order valence-corrected chi connectivity index (χ4v) is 3.50. The molecule has 5 nitrogen and oxygen atoms in total. The molecule has 0 unspecified atom stereocenters. The fraction of sp³-hybridized carbons (Fsp3) is 0.136. The van der Waals surface area contributed by atoms with Gasteiger partial charge in [0.1, 0.15) is 17.2 Å². The molecule has 0 aliphatic carbocycles. The standard InChI is InChI=1S/C22H18Cl2O5/c1-28-15-4-2-3-14(9-15)17-7-13(5-6-21(17)25)8-18-19(23)10-16(11-20(18)24)29-12-22(26)27/h2-7,9-11,25H,8,12H2,1H3,(H,26,27). The van der Waals surface area contributed by atoms with E-state index in [4.69, 9.17) is 37.8 Å². The highest BCUT2D eigenvalue weighted by Crippen LogP contribution is 2.35.